The average molecular weight is 361 g/mol. The molecule has 0 spiro atoms. The number of benzene rings is 1. The normalized spacial score (nSPS) is 19.9. The molecule has 2 heterocycles. The number of pyridine rings is 1. The van der Waals surface area contributed by atoms with Crippen molar-refractivity contribution in [1.82, 2.24) is 20.3 Å². The third kappa shape index (κ3) is 3.95. The Bertz CT molecular complexity index is 958. The highest BCUT2D eigenvalue weighted by atomic mass is 16.1. The van der Waals surface area contributed by atoms with Crippen LogP contribution in [0.3, 0.4) is 0 Å². The lowest BCUT2D eigenvalue weighted by atomic mass is 9.84. The predicted molar refractivity (Wildman–Crippen MR) is 105 cm³/mol. The summed E-state index contributed by atoms with van der Waals surface area (Å²) in [6.45, 7) is 0.621. The van der Waals surface area contributed by atoms with Gasteiger partial charge in [0.15, 0.2) is 0 Å². The zero-order chi connectivity index (χ0) is 18.6. The van der Waals surface area contributed by atoms with Gasteiger partial charge in [-0.25, -0.2) is 0 Å². The van der Waals surface area contributed by atoms with Crippen molar-refractivity contribution in [2.75, 3.05) is 0 Å². The van der Waals surface area contributed by atoms with E-state index in [-0.39, 0.29) is 17.9 Å². The van der Waals surface area contributed by atoms with Gasteiger partial charge in [-0.2, -0.15) is 0 Å². The van der Waals surface area contributed by atoms with Crippen molar-refractivity contribution in [1.29, 1.82) is 0 Å². The minimum Gasteiger partial charge on any atom is -0.369 e. The van der Waals surface area contributed by atoms with E-state index in [4.69, 9.17) is 5.73 Å². The number of aromatic nitrogens is 3. The first-order valence-electron chi connectivity index (χ1n) is 9.39. The summed E-state index contributed by atoms with van der Waals surface area (Å²) < 4.78 is 0. The van der Waals surface area contributed by atoms with Gasteiger partial charge in [0.25, 0.3) is 0 Å². The van der Waals surface area contributed by atoms with Gasteiger partial charge in [0.2, 0.25) is 5.91 Å². The fourth-order valence-corrected chi connectivity index (χ4v) is 3.85. The van der Waals surface area contributed by atoms with Crippen LogP contribution in [0, 0.1) is 5.92 Å². The smallest absolute Gasteiger partial charge is 0.222 e. The summed E-state index contributed by atoms with van der Waals surface area (Å²) in [4.78, 5) is 24.8. The molecule has 27 heavy (non-hydrogen) atoms. The summed E-state index contributed by atoms with van der Waals surface area (Å²) in [5, 5.41) is 3.49. The lowest BCUT2D eigenvalue weighted by Gasteiger charge is -2.30. The van der Waals surface area contributed by atoms with Crippen LogP contribution in [-0.2, 0) is 11.3 Å². The molecule has 0 bridgehead atoms. The van der Waals surface area contributed by atoms with Crippen LogP contribution in [0.4, 0.5) is 0 Å². The Kier molecular flexibility index (Phi) is 5.07. The SMILES string of the molecule is NC(=O)[C@@H]1CCCC[C@@H]1NCc1cc(-c2ccc3nccnc3c2)ccn1. The first-order chi connectivity index (χ1) is 13.2. The van der Waals surface area contributed by atoms with Crippen LogP contribution >= 0.6 is 0 Å². The maximum Gasteiger partial charge on any atom is 0.222 e. The Hall–Kier alpha value is -2.86. The number of nitrogens with one attached hydrogen (secondary N) is 1. The molecule has 1 saturated carbocycles. The monoisotopic (exact) mass is 361 g/mol. The van der Waals surface area contributed by atoms with E-state index >= 15 is 0 Å². The van der Waals surface area contributed by atoms with Crippen molar-refractivity contribution < 1.29 is 4.79 Å². The van der Waals surface area contributed by atoms with Crippen LogP contribution < -0.4 is 11.1 Å². The van der Waals surface area contributed by atoms with Crippen molar-refractivity contribution in [2.45, 2.75) is 38.3 Å². The molecule has 4 rings (SSSR count). The molecule has 138 valence electrons. The molecule has 2 atom stereocenters. The van der Waals surface area contributed by atoms with Gasteiger partial charge in [-0.3, -0.25) is 19.7 Å². The zero-order valence-electron chi connectivity index (χ0n) is 15.1. The summed E-state index contributed by atoms with van der Waals surface area (Å²) in [6, 6.07) is 10.3. The molecule has 6 nitrogen and oxygen atoms in total. The maximum atomic E-state index is 11.7. The van der Waals surface area contributed by atoms with E-state index in [1.54, 1.807) is 12.4 Å². The molecule has 3 N–H and O–H groups in total. The molecule has 3 aromatic rings. The summed E-state index contributed by atoms with van der Waals surface area (Å²) >= 11 is 0. The Morgan fingerprint density at radius 2 is 1.74 bits per heavy atom. The maximum absolute atomic E-state index is 11.7. The van der Waals surface area contributed by atoms with E-state index in [1.807, 2.05) is 30.5 Å². The number of rotatable bonds is 5. The summed E-state index contributed by atoms with van der Waals surface area (Å²) in [5.74, 6) is -0.285. The Labute approximate surface area is 158 Å². The van der Waals surface area contributed by atoms with Crippen LogP contribution in [0.25, 0.3) is 22.2 Å². The second kappa shape index (κ2) is 7.80. The van der Waals surface area contributed by atoms with Gasteiger partial charge >= 0.3 is 0 Å². The number of hydrogen-bond donors (Lipinski definition) is 2. The molecular weight excluding hydrogens is 338 g/mol. The highest BCUT2D eigenvalue weighted by Gasteiger charge is 2.28. The quantitative estimate of drug-likeness (QED) is 0.729. The van der Waals surface area contributed by atoms with Gasteiger partial charge in [-0.15, -0.1) is 0 Å². The third-order valence-electron chi connectivity index (χ3n) is 5.30. The summed E-state index contributed by atoms with van der Waals surface area (Å²) in [6.07, 6.45) is 9.28. The van der Waals surface area contributed by atoms with Crippen molar-refractivity contribution in [3.63, 3.8) is 0 Å². The van der Waals surface area contributed by atoms with E-state index in [0.29, 0.717) is 6.54 Å². The van der Waals surface area contributed by atoms with Crippen molar-refractivity contribution in [3.8, 4) is 11.1 Å². The zero-order valence-corrected chi connectivity index (χ0v) is 15.1. The van der Waals surface area contributed by atoms with Crippen LogP contribution in [-0.4, -0.2) is 26.9 Å². The first kappa shape index (κ1) is 17.5. The Balaban J connectivity index is 1.51. The van der Waals surface area contributed by atoms with Gasteiger partial charge in [0, 0.05) is 31.2 Å². The number of primary amides is 1. The molecule has 0 saturated heterocycles. The number of carbonyl (C=O) groups excluding carboxylic acids is 1. The van der Waals surface area contributed by atoms with E-state index in [1.165, 1.54) is 0 Å². The molecule has 6 heteroatoms. The highest BCUT2D eigenvalue weighted by molar-refractivity contribution is 5.81. The fraction of sp³-hybridized carbons (Fsp3) is 0.333. The molecule has 0 radical (unpaired) electrons. The molecule has 1 aromatic carbocycles. The van der Waals surface area contributed by atoms with Gasteiger partial charge in [0.05, 0.1) is 22.6 Å². The molecular formula is C21H23N5O. The van der Waals surface area contributed by atoms with E-state index in [0.717, 1.165) is 53.5 Å². The van der Waals surface area contributed by atoms with Gasteiger partial charge < -0.3 is 11.1 Å². The van der Waals surface area contributed by atoms with Gasteiger partial charge in [-0.05, 0) is 48.2 Å². The molecule has 1 aliphatic rings. The second-order valence-corrected chi connectivity index (χ2v) is 7.08. The van der Waals surface area contributed by atoms with Crippen molar-refractivity contribution in [2.24, 2.45) is 11.7 Å². The van der Waals surface area contributed by atoms with Crippen LogP contribution in [0.2, 0.25) is 0 Å². The molecule has 1 fully saturated rings. The lowest BCUT2D eigenvalue weighted by Crippen LogP contribution is -2.44. The number of amides is 1. The minimum absolute atomic E-state index is 0.0824. The van der Waals surface area contributed by atoms with Gasteiger partial charge in [0.1, 0.15) is 0 Å². The highest BCUT2D eigenvalue weighted by Crippen LogP contribution is 2.25. The van der Waals surface area contributed by atoms with E-state index < -0.39 is 0 Å². The molecule has 0 unspecified atom stereocenters. The molecule has 0 aliphatic heterocycles. The number of nitrogens with zero attached hydrogens (tertiary/aromatic N) is 3. The fourth-order valence-electron chi connectivity index (χ4n) is 3.85. The third-order valence-corrected chi connectivity index (χ3v) is 5.30. The standard InChI is InChI=1S/C21H23N5O/c22-21(27)17-3-1-2-4-18(17)26-13-16-11-15(7-8-23-16)14-5-6-19-20(12-14)25-10-9-24-19/h5-12,17-18,26H,1-4,13H2,(H2,22,27)/t17-,18+/m1/s1. The van der Waals surface area contributed by atoms with Crippen molar-refractivity contribution in [3.05, 3.63) is 54.6 Å². The molecule has 1 aliphatic carbocycles. The number of fused-ring (bicyclic) bond motifs is 1. The number of carbonyl (C=O) groups is 1. The Morgan fingerprint density at radius 1 is 0.963 bits per heavy atom. The van der Waals surface area contributed by atoms with Crippen molar-refractivity contribution >= 4 is 16.9 Å². The molecule has 1 amide bonds. The second-order valence-electron chi connectivity index (χ2n) is 7.08. The van der Waals surface area contributed by atoms with Crippen LogP contribution in [0.5, 0.6) is 0 Å². The first-order valence-corrected chi connectivity index (χ1v) is 9.39. The predicted octanol–water partition coefficient (Wildman–Crippen LogP) is 2.83. The summed E-state index contributed by atoms with van der Waals surface area (Å²) in [7, 11) is 0. The van der Waals surface area contributed by atoms with E-state index in [2.05, 4.69) is 26.3 Å². The van der Waals surface area contributed by atoms with Gasteiger partial charge in [-0.1, -0.05) is 18.9 Å². The van der Waals surface area contributed by atoms with Crippen LogP contribution in [0.15, 0.2) is 48.9 Å². The topological polar surface area (TPSA) is 93.8 Å². The molecule has 2 aromatic heterocycles. The Morgan fingerprint density at radius 3 is 2.59 bits per heavy atom. The lowest BCUT2D eigenvalue weighted by molar-refractivity contribution is -0.123. The number of nitrogens with two attached hydrogens (primary N) is 1. The minimum atomic E-state index is -0.203. The van der Waals surface area contributed by atoms with Crippen LogP contribution in [0.1, 0.15) is 31.4 Å². The summed E-state index contributed by atoms with van der Waals surface area (Å²) in [5.41, 5.74) is 10.4. The van der Waals surface area contributed by atoms with E-state index in [9.17, 15) is 4.79 Å². The average Bonchev–Trinajstić information content (AvgIpc) is 2.72. The number of hydrogen-bond acceptors (Lipinski definition) is 5. The largest absolute Gasteiger partial charge is 0.369 e.